The normalized spacial score (nSPS) is 32.0. The quantitative estimate of drug-likeness (QED) is 0.710. The van der Waals surface area contributed by atoms with Crippen LogP contribution in [0.2, 0.25) is 0 Å². The van der Waals surface area contributed by atoms with Crippen LogP contribution in [-0.4, -0.2) is 55.2 Å². The van der Waals surface area contributed by atoms with E-state index in [0.29, 0.717) is 13.0 Å². The van der Waals surface area contributed by atoms with Gasteiger partial charge in [0, 0.05) is 12.5 Å². The third-order valence-electron chi connectivity index (χ3n) is 3.56. The van der Waals surface area contributed by atoms with E-state index < -0.39 is 6.04 Å². The summed E-state index contributed by atoms with van der Waals surface area (Å²) in [4.78, 5) is 25.7. The number of carbonyl (C=O) groups is 2. The minimum atomic E-state index is -0.448. The number of ether oxygens (including phenoxy) is 1. The Kier molecular flexibility index (Phi) is 4.19. The van der Waals surface area contributed by atoms with Gasteiger partial charge in [0.25, 0.3) is 0 Å². The van der Waals surface area contributed by atoms with Crippen molar-refractivity contribution in [1.29, 1.82) is 0 Å². The number of nitrogens with zero attached hydrogens (tertiary/aromatic N) is 1. The average molecular weight is 255 g/mol. The second kappa shape index (κ2) is 5.67. The van der Waals surface area contributed by atoms with E-state index in [2.05, 4.69) is 10.6 Å². The number of hydrogen-bond acceptors (Lipinski definition) is 4. The van der Waals surface area contributed by atoms with E-state index in [4.69, 9.17) is 4.74 Å². The first-order valence-electron chi connectivity index (χ1n) is 6.51. The second-order valence-electron chi connectivity index (χ2n) is 4.94. The minimum Gasteiger partial charge on any atom is -0.358 e. The van der Waals surface area contributed by atoms with E-state index in [9.17, 15) is 9.59 Å². The van der Waals surface area contributed by atoms with Gasteiger partial charge in [0.2, 0.25) is 11.8 Å². The zero-order chi connectivity index (χ0) is 13.1. The van der Waals surface area contributed by atoms with Gasteiger partial charge in [0.1, 0.15) is 12.3 Å². The summed E-state index contributed by atoms with van der Waals surface area (Å²) in [7, 11) is 1.70. The number of nitrogens with one attached hydrogen (secondary N) is 2. The molecule has 2 fully saturated rings. The highest BCUT2D eigenvalue weighted by molar-refractivity contribution is 5.88. The fourth-order valence-corrected chi connectivity index (χ4v) is 2.63. The molecule has 2 heterocycles. The molecule has 2 saturated heterocycles. The van der Waals surface area contributed by atoms with Crippen molar-refractivity contribution in [3.05, 3.63) is 0 Å². The molecule has 3 atom stereocenters. The average Bonchev–Trinajstić information content (AvgIpc) is 2.61. The Morgan fingerprint density at radius 3 is 2.94 bits per heavy atom. The predicted octanol–water partition coefficient (Wildman–Crippen LogP) is -0.552. The molecular formula is C12H21N3O3. The van der Waals surface area contributed by atoms with Crippen LogP contribution in [0.25, 0.3) is 0 Å². The van der Waals surface area contributed by atoms with Gasteiger partial charge in [-0.2, -0.15) is 0 Å². The Bertz CT molecular complexity index is 335. The van der Waals surface area contributed by atoms with Crippen molar-refractivity contribution >= 4 is 11.8 Å². The maximum atomic E-state index is 12.4. The SMILES string of the molecule is CNCC(=O)NC1CCOC2CCC(C)N2C1=O. The summed E-state index contributed by atoms with van der Waals surface area (Å²) in [5.41, 5.74) is 0. The summed E-state index contributed by atoms with van der Waals surface area (Å²) in [6, 6.07) is -0.249. The maximum Gasteiger partial charge on any atom is 0.247 e. The molecule has 0 aromatic carbocycles. The zero-order valence-electron chi connectivity index (χ0n) is 10.9. The Morgan fingerprint density at radius 2 is 2.22 bits per heavy atom. The van der Waals surface area contributed by atoms with Gasteiger partial charge in [-0.05, 0) is 26.8 Å². The van der Waals surface area contributed by atoms with E-state index in [1.165, 1.54) is 0 Å². The Morgan fingerprint density at radius 1 is 1.44 bits per heavy atom. The minimum absolute atomic E-state index is 0.00745. The molecule has 0 radical (unpaired) electrons. The predicted molar refractivity (Wildman–Crippen MR) is 65.8 cm³/mol. The van der Waals surface area contributed by atoms with Crippen LogP contribution in [0.15, 0.2) is 0 Å². The molecule has 0 saturated carbocycles. The zero-order valence-corrected chi connectivity index (χ0v) is 10.9. The topological polar surface area (TPSA) is 70.7 Å². The summed E-state index contributed by atoms with van der Waals surface area (Å²) in [6.07, 6.45) is 2.31. The highest BCUT2D eigenvalue weighted by Crippen LogP contribution is 2.28. The molecule has 2 N–H and O–H groups in total. The highest BCUT2D eigenvalue weighted by Gasteiger charge is 2.40. The summed E-state index contributed by atoms with van der Waals surface area (Å²) in [6.45, 7) is 2.77. The first-order chi connectivity index (χ1) is 8.63. The molecule has 18 heavy (non-hydrogen) atoms. The lowest BCUT2D eigenvalue weighted by molar-refractivity contribution is -0.143. The number of likely N-dealkylation sites (N-methyl/N-ethyl adjacent to an activating group) is 1. The molecule has 0 spiro atoms. The van der Waals surface area contributed by atoms with Crippen molar-refractivity contribution in [2.45, 2.75) is 44.5 Å². The van der Waals surface area contributed by atoms with Crippen LogP contribution in [0.4, 0.5) is 0 Å². The number of hydrogen-bond donors (Lipinski definition) is 2. The van der Waals surface area contributed by atoms with Crippen molar-refractivity contribution in [2.24, 2.45) is 0 Å². The van der Waals surface area contributed by atoms with Gasteiger partial charge in [-0.1, -0.05) is 0 Å². The number of rotatable bonds is 3. The van der Waals surface area contributed by atoms with E-state index in [1.807, 2.05) is 6.92 Å². The first kappa shape index (κ1) is 13.3. The van der Waals surface area contributed by atoms with E-state index in [1.54, 1.807) is 11.9 Å². The molecule has 6 heteroatoms. The largest absolute Gasteiger partial charge is 0.358 e. The molecule has 2 amide bonds. The smallest absolute Gasteiger partial charge is 0.247 e. The van der Waals surface area contributed by atoms with Gasteiger partial charge in [-0.15, -0.1) is 0 Å². The van der Waals surface area contributed by atoms with Gasteiger partial charge >= 0.3 is 0 Å². The summed E-state index contributed by atoms with van der Waals surface area (Å²) < 4.78 is 5.68. The van der Waals surface area contributed by atoms with Crippen LogP contribution in [-0.2, 0) is 14.3 Å². The molecule has 0 aliphatic carbocycles. The Labute approximate surface area is 107 Å². The second-order valence-corrected chi connectivity index (χ2v) is 4.94. The lowest BCUT2D eigenvalue weighted by Gasteiger charge is -2.28. The lowest BCUT2D eigenvalue weighted by atomic mass is 10.1. The van der Waals surface area contributed by atoms with Crippen molar-refractivity contribution in [1.82, 2.24) is 15.5 Å². The Balaban J connectivity index is 2.03. The molecule has 2 aliphatic rings. The van der Waals surface area contributed by atoms with Crippen LogP contribution in [0.3, 0.4) is 0 Å². The summed E-state index contributed by atoms with van der Waals surface area (Å²) >= 11 is 0. The van der Waals surface area contributed by atoms with E-state index >= 15 is 0 Å². The van der Waals surface area contributed by atoms with Crippen LogP contribution in [0.1, 0.15) is 26.2 Å². The van der Waals surface area contributed by atoms with Crippen molar-refractivity contribution in [3.63, 3.8) is 0 Å². The molecule has 6 nitrogen and oxygen atoms in total. The summed E-state index contributed by atoms with van der Waals surface area (Å²) in [5.74, 6) is -0.159. The molecule has 0 bridgehead atoms. The third kappa shape index (κ3) is 2.64. The molecule has 102 valence electrons. The van der Waals surface area contributed by atoms with Gasteiger partial charge in [0.15, 0.2) is 0 Å². The molecule has 2 rings (SSSR count). The van der Waals surface area contributed by atoms with Crippen molar-refractivity contribution in [3.8, 4) is 0 Å². The third-order valence-corrected chi connectivity index (χ3v) is 3.56. The standard InChI is InChI=1S/C12H21N3O3/c1-8-3-4-11-15(8)12(17)9(5-6-18-11)14-10(16)7-13-2/h8-9,11,13H,3-7H2,1-2H3,(H,14,16). The highest BCUT2D eigenvalue weighted by atomic mass is 16.5. The van der Waals surface area contributed by atoms with Gasteiger partial charge in [-0.3, -0.25) is 9.59 Å². The lowest BCUT2D eigenvalue weighted by Crippen LogP contribution is -2.51. The van der Waals surface area contributed by atoms with Crippen molar-refractivity contribution in [2.75, 3.05) is 20.2 Å². The number of carbonyl (C=O) groups excluding carboxylic acids is 2. The van der Waals surface area contributed by atoms with E-state index in [0.717, 1.165) is 12.8 Å². The van der Waals surface area contributed by atoms with Crippen LogP contribution in [0.5, 0.6) is 0 Å². The van der Waals surface area contributed by atoms with Crippen molar-refractivity contribution < 1.29 is 14.3 Å². The van der Waals surface area contributed by atoms with Gasteiger partial charge < -0.3 is 20.3 Å². The van der Waals surface area contributed by atoms with Crippen LogP contribution < -0.4 is 10.6 Å². The van der Waals surface area contributed by atoms with E-state index in [-0.39, 0.29) is 30.6 Å². The molecule has 2 aliphatic heterocycles. The van der Waals surface area contributed by atoms with Crippen LogP contribution >= 0.6 is 0 Å². The Hall–Kier alpha value is -1.14. The fraction of sp³-hybridized carbons (Fsp3) is 0.833. The molecule has 0 aromatic heterocycles. The van der Waals surface area contributed by atoms with Crippen LogP contribution in [0, 0.1) is 0 Å². The molecule has 0 aromatic rings. The number of amides is 2. The molecular weight excluding hydrogens is 234 g/mol. The molecule has 3 unspecified atom stereocenters. The monoisotopic (exact) mass is 255 g/mol. The fourth-order valence-electron chi connectivity index (χ4n) is 2.63. The summed E-state index contributed by atoms with van der Waals surface area (Å²) in [5, 5.41) is 5.54. The number of fused-ring (bicyclic) bond motifs is 1. The first-order valence-corrected chi connectivity index (χ1v) is 6.51. The van der Waals surface area contributed by atoms with Gasteiger partial charge in [-0.25, -0.2) is 0 Å². The van der Waals surface area contributed by atoms with Gasteiger partial charge in [0.05, 0.1) is 13.2 Å². The maximum absolute atomic E-state index is 12.4.